The zero-order valence-electron chi connectivity index (χ0n) is 12.8. The average Bonchev–Trinajstić information content (AvgIpc) is 3.11. The minimum absolute atomic E-state index is 0.0268. The molecule has 2 aromatic rings. The first kappa shape index (κ1) is 16.1. The molecule has 1 atom stereocenters. The van der Waals surface area contributed by atoms with Crippen molar-refractivity contribution >= 4 is 27.1 Å². The van der Waals surface area contributed by atoms with Crippen molar-refractivity contribution < 1.29 is 13.2 Å². The van der Waals surface area contributed by atoms with Gasteiger partial charge in [0.2, 0.25) is 5.91 Å². The number of rotatable bonds is 4. The number of hydrogen-bond donors (Lipinski definition) is 1. The number of aryl methyl sites for hydroxylation is 1. The number of nitrogens with one attached hydrogen (secondary N) is 1. The lowest BCUT2D eigenvalue weighted by molar-refractivity contribution is -0.124. The third-order valence-electron chi connectivity index (χ3n) is 3.94. The van der Waals surface area contributed by atoms with E-state index in [9.17, 15) is 13.2 Å². The fourth-order valence-corrected chi connectivity index (χ4v) is 4.99. The minimum Gasteiger partial charge on any atom is -0.352 e. The number of carbonyl (C=O) groups excluding carboxylic acids is 1. The molecule has 0 saturated carbocycles. The summed E-state index contributed by atoms with van der Waals surface area (Å²) in [4.78, 5) is 16.5. The maximum atomic E-state index is 12.0. The van der Waals surface area contributed by atoms with Gasteiger partial charge in [0.15, 0.2) is 9.84 Å². The Kier molecular flexibility index (Phi) is 4.50. The number of thiazole rings is 1. The van der Waals surface area contributed by atoms with Gasteiger partial charge in [-0.05, 0) is 18.9 Å². The molecule has 1 N–H and O–H groups in total. The summed E-state index contributed by atoms with van der Waals surface area (Å²) in [6, 6.07) is 7.87. The third-order valence-corrected chi connectivity index (χ3v) is 6.48. The van der Waals surface area contributed by atoms with Crippen LogP contribution in [0.1, 0.15) is 17.0 Å². The second-order valence-electron chi connectivity index (χ2n) is 5.77. The monoisotopic (exact) mass is 350 g/mol. The van der Waals surface area contributed by atoms with Crippen LogP contribution in [-0.4, -0.2) is 30.8 Å². The predicted molar refractivity (Wildman–Crippen MR) is 90.9 cm³/mol. The summed E-state index contributed by atoms with van der Waals surface area (Å²) in [5.41, 5.74) is 2.99. The van der Waals surface area contributed by atoms with Crippen LogP contribution in [0.25, 0.3) is 11.3 Å². The molecule has 1 aromatic carbocycles. The molecule has 0 bridgehead atoms. The van der Waals surface area contributed by atoms with Crippen molar-refractivity contribution in [3.63, 3.8) is 0 Å². The average molecular weight is 350 g/mol. The van der Waals surface area contributed by atoms with Crippen LogP contribution in [0.3, 0.4) is 0 Å². The van der Waals surface area contributed by atoms with E-state index in [1.54, 1.807) is 11.3 Å². The summed E-state index contributed by atoms with van der Waals surface area (Å²) in [6.45, 7) is 2.38. The Hall–Kier alpha value is -1.73. The molecule has 1 aliphatic heterocycles. The maximum Gasteiger partial charge on any atom is 0.224 e. The van der Waals surface area contributed by atoms with Crippen molar-refractivity contribution in [1.82, 2.24) is 10.3 Å². The molecule has 1 amide bonds. The molecule has 2 heterocycles. The van der Waals surface area contributed by atoms with E-state index in [2.05, 4.69) is 10.3 Å². The van der Waals surface area contributed by atoms with Gasteiger partial charge in [-0.1, -0.05) is 24.3 Å². The van der Waals surface area contributed by atoms with Crippen molar-refractivity contribution in [2.45, 2.75) is 19.9 Å². The van der Waals surface area contributed by atoms with Crippen molar-refractivity contribution in [1.29, 1.82) is 0 Å². The van der Waals surface area contributed by atoms with Gasteiger partial charge < -0.3 is 5.32 Å². The molecule has 0 radical (unpaired) electrons. The Labute approximate surface area is 139 Å². The van der Waals surface area contributed by atoms with Crippen LogP contribution in [-0.2, 0) is 21.2 Å². The second-order valence-corrected chi connectivity index (χ2v) is 9.06. The molecular formula is C16H18N2O3S2. The molecule has 0 unspecified atom stereocenters. The van der Waals surface area contributed by atoms with E-state index in [4.69, 9.17) is 0 Å². The molecule has 1 saturated heterocycles. The summed E-state index contributed by atoms with van der Waals surface area (Å²) >= 11 is 1.61. The molecule has 5 nitrogen and oxygen atoms in total. The Bertz CT molecular complexity index is 810. The molecule has 122 valence electrons. The smallest absolute Gasteiger partial charge is 0.224 e. The Morgan fingerprint density at radius 2 is 2.09 bits per heavy atom. The fraction of sp³-hybridized carbons (Fsp3) is 0.375. The molecule has 7 heteroatoms. The van der Waals surface area contributed by atoms with Gasteiger partial charge in [0.05, 0.1) is 28.1 Å². The van der Waals surface area contributed by atoms with E-state index in [0.717, 1.165) is 21.8 Å². The van der Waals surface area contributed by atoms with Gasteiger partial charge in [-0.3, -0.25) is 4.79 Å². The quantitative estimate of drug-likeness (QED) is 0.917. The van der Waals surface area contributed by atoms with Gasteiger partial charge in [0.25, 0.3) is 0 Å². The standard InChI is InChI=1S/C16H18N2O3S2/c1-11-18-15(9-22-11)13-4-2-12(3-5-13)8-17-16(19)14-6-7-23(20,21)10-14/h2-5,9,14H,6-8,10H2,1H3,(H,17,19)/t14-/m0/s1. The van der Waals surface area contributed by atoms with Gasteiger partial charge in [-0.2, -0.15) is 0 Å². The largest absolute Gasteiger partial charge is 0.352 e. The van der Waals surface area contributed by atoms with Gasteiger partial charge in [0, 0.05) is 17.5 Å². The fourth-order valence-electron chi connectivity index (χ4n) is 2.62. The van der Waals surface area contributed by atoms with Gasteiger partial charge in [-0.25, -0.2) is 13.4 Å². The van der Waals surface area contributed by atoms with Crippen LogP contribution in [0.2, 0.25) is 0 Å². The van der Waals surface area contributed by atoms with Crippen LogP contribution in [0.5, 0.6) is 0 Å². The van der Waals surface area contributed by atoms with E-state index in [-0.39, 0.29) is 17.4 Å². The van der Waals surface area contributed by atoms with Gasteiger partial charge in [0.1, 0.15) is 0 Å². The lowest BCUT2D eigenvalue weighted by Crippen LogP contribution is -2.30. The Balaban J connectivity index is 1.58. The molecule has 0 spiro atoms. The summed E-state index contributed by atoms with van der Waals surface area (Å²) < 4.78 is 22.8. The first-order valence-corrected chi connectivity index (χ1v) is 10.1. The third kappa shape index (κ3) is 3.97. The van der Waals surface area contributed by atoms with E-state index in [0.29, 0.717) is 13.0 Å². The highest BCUT2D eigenvalue weighted by Crippen LogP contribution is 2.22. The van der Waals surface area contributed by atoms with Crippen molar-refractivity contribution in [3.05, 3.63) is 40.2 Å². The first-order chi connectivity index (χ1) is 10.9. The van der Waals surface area contributed by atoms with Crippen molar-refractivity contribution in [2.75, 3.05) is 11.5 Å². The molecule has 1 aromatic heterocycles. The number of aromatic nitrogens is 1. The zero-order chi connectivity index (χ0) is 16.4. The number of hydrogen-bond acceptors (Lipinski definition) is 5. The second kappa shape index (κ2) is 6.41. The molecule has 1 fully saturated rings. The number of amides is 1. The number of sulfone groups is 1. The summed E-state index contributed by atoms with van der Waals surface area (Å²) in [5, 5.41) is 5.88. The normalized spacial score (nSPS) is 19.6. The van der Waals surface area contributed by atoms with Crippen LogP contribution in [0.15, 0.2) is 29.6 Å². The van der Waals surface area contributed by atoms with Crippen molar-refractivity contribution in [2.24, 2.45) is 5.92 Å². The van der Waals surface area contributed by atoms with Crippen LogP contribution < -0.4 is 5.32 Å². The molecule has 0 aliphatic carbocycles. The van der Waals surface area contributed by atoms with Gasteiger partial charge >= 0.3 is 0 Å². The predicted octanol–water partition coefficient (Wildman–Crippen LogP) is 2.17. The minimum atomic E-state index is -3.02. The number of nitrogens with zero attached hydrogens (tertiary/aromatic N) is 1. The highest BCUT2D eigenvalue weighted by Gasteiger charge is 2.32. The first-order valence-electron chi connectivity index (χ1n) is 7.42. The molecule has 3 rings (SSSR count). The molecular weight excluding hydrogens is 332 g/mol. The number of carbonyl (C=O) groups is 1. The van der Waals surface area contributed by atoms with Crippen LogP contribution in [0, 0.1) is 12.8 Å². The summed E-state index contributed by atoms with van der Waals surface area (Å²) in [7, 11) is -3.02. The topological polar surface area (TPSA) is 76.1 Å². The zero-order valence-corrected chi connectivity index (χ0v) is 14.4. The SMILES string of the molecule is Cc1nc(-c2ccc(CNC(=O)[C@H]3CCS(=O)(=O)C3)cc2)cs1. The van der Waals surface area contributed by atoms with Gasteiger partial charge in [-0.15, -0.1) is 11.3 Å². The summed E-state index contributed by atoms with van der Waals surface area (Å²) in [5.74, 6) is -0.490. The van der Waals surface area contributed by atoms with E-state index in [1.807, 2.05) is 36.6 Å². The van der Waals surface area contributed by atoms with E-state index in [1.165, 1.54) is 0 Å². The van der Waals surface area contributed by atoms with E-state index < -0.39 is 15.8 Å². The van der Waals surface area contributed by atoms with Crippen molar-refractivity contribution in [3.8, 4) is 11.3 Å². The maximum absolute atomic E-state index is 12.0. The Morgan fingerprint density at radius 1 is 1.35 bits per heavy atom. The summed E-state index contributed by atoms with van der Waals surface area (Å²) in [6.07, 6.45) is 0.427. The van der Waals surface area contributed by atoms with Crippen LogP contribution in [0.4, 0.5) is 0 Å². The highest BCUT2D eigenvalue weighted by molar-refractivity contribution is 7.91. The molecule has 1 aliphatic rings. The van der Waals surface area contributed by atoms with Crippen LogP contribution >= 0.6 is 11.3 Å². The lowest BCUT2D eigenvalue weighted by Gasteiger charge is -2.09. The Morgan fingerprint density at radius 3 is 2.65 bits per heavy atom. The lowest BCUT2D eigenvalue weighted by atomic mass is 10.1. The van der Waals surface area contributed by atoms with E-state index >= 15 is 0 Å². The number of benzene rings is 1. The molecule has 23 heavy (non-hydrogen) atoms. The highest BCUT2D eigenvalue weighted by atomic mass is 32.2.